The number of H-pyrrole nitrogens is 1. The second kappa shape index (κ2) is 9.07. The van der Waals surface area contributed by atoms with Crippen LogP contribution in [0.3, 0.4) is 0 Å². The fourth-order valence-electron chi connectivity index (χ4n) is 3.85. The standard InChI is InChI=1S/C20H23ClF4N2O3S/c1-11-19(31(2,28)29)27-18(26-11)17(13-5-8-16(22)15(21)9-13)30-10-12-3-6-14(7-4-12)20(23,24)25/h5,8-9,12,14,17H,3-4,6-7,10H2,1-2H3,(H,26,27). The Hall–Kier alpha value is -1.65. The molecular weight excluding hydrogens is 460 g/mol. The molecule has 5 nitrogen and oxygen atoms in total. The summed E-state index contributed by atoms with van der Waals surface area (Å²) in [6.45, 7) is 1.71. The van der Waals surface area contributed by atoms with E-state index in [9.17, 15) is 26.0 Å². The van der Waals surface area contributed by atoms with Crippen LogP contribution >= 0.6 is 11.6 Å². The molecule has 1 aromatic carbocycles. The average Bonchev–Trinajstić information content (AvgIpc) is 3.06. The normalized spacial score (nSPS) is 21.3. The zero-order valence-corrected chi connectivity index (χ0v) is 18.5. The van der Waals surface area contributed by atoms with Crippen molar-refractivity contribution in [3.05, 3.63) is 46.1 Å². The molecule has 172 valence electrons. The molecule has 0 saturated heterocycles. The van der Waals surface area contributed by atoms with Gasteiger partial charge in [0.15, 0.2) is 14.9 Å². The highest BCUT2D eigenvalue weighted by atomic mass is 35.5. The van der Waals surface area contributed by atoms with Gasteiger partial charge in [-0.3, -0.25) is 0 Å². The van der Waals surface area contributed by atoms with E-state index < -0.39 is 33.9 Å². The monoisotopic (exact) mass is 482 g/mol. The maximum Gasteiger partial charge on any atom is 0.391 e. The number of sulfone groups is 1. The van der Waals surface area contributed by atoms with Crippen molar-refractivity contribution in [2.75, 3.05) is 12.9 Å². The summed E-state index contributed by atoms with van der Waals surface area (Å²) < 4.78 is 82.2. The highest BCUT2D eigenvalue weighted by molar-refractivity contribution is 7.90. The van der Waals surface area contributed by atoms with Crippen LogP contribution in [0.5, 0.6) is 0 Å². The van der Waals surface area contributed by atoms with Gasteiger partial charge in [-0.15, -0.1) is 0 Å². The third kappa shape index (κ3) is 5.78. The maximum absolute atomic E-state index is 13.6. The van der Waals surface area contributed by atoms with E-state index in [2.05, 4.69) is 9.97 Å². The topological polar surface area (TPSA) is 72.0 Å². The summed E-state index contributed by atoms with van der Waals surface area (Å²) in [5, 5.41) is -0.265. The van der Waals surface area contributed by atoms with Crippen molar-refractivity contribution < 1.29 is 30.7 Å². The van der Waals surface area contributed by atoms with Gasteiger partial charge in [-0.25, -0.2) is 17.8 Å². The molecule has 1 aliphatic carbocycles. The van der Waals surface area contributed by atoms with Crippen LogP contribution in [0.4, 0.5) is 17.6 Å². The zero-order chi connectivity index (χ0) is 23.0. The molecule has 11 heteroatoms. The van der Waals surface area contributed by atoms with Crippen molar-refractivity contribution in [2.45, 2.75) is 49.9 Å². The number of aromatic amines is 1. The lowest BCUT2D eigenvalue weighted by Gasteiger charge is -2.30. The first-order valence-corrected chi connectivity index (χ1v) is 12.0. The fraction of sp³-hybridized carbons (Fsp3) is 0.550. The summed E-state index contributed by atoms with van der Waals surface area (Å²) in [5.74, 6) is -1.80. The molecule has 1 aromatic heterocycles. The van der Waals surface area contributed by atoms with Crippen molar-refractivity contribution in [1.82, 2.24) is 9.97 Å². The van der Waals surface area contributed by atoms with Gasteiger partial charge in [-0.2, -0.15) is 13.2 Å². The molecule has 31 heavy (non-hydrogen) atoms. The van der Waals surface area contributed by atoms with Gasteiger partial charge < -0.3 is 9.72 Å². The molecule has 0 spiro atoms. The second-order valence-electron chi connectivity index (χ2n) is 7.97. The first-order valence-electron chi connectivity index (χ1n) is 9.76. The van der Waals surface area contributed by atoms with Gasteiger partial charge in [-0.05, 0) is 56.2 Å². The van der Waals surface area contributed by atoms with E-state index in [1.54, 1.807) is 6.92 Å². The maximum atomic E-state index is 13.6. The SMILES string of the molecule is Cc1[nH]c(C(OCC2CCC(C(F)(F)F)CC2)c2ccc(F)c(Cl)c2)nc1S(C)(=O)=O. The van der Waals surface area contributed by atoms with E-state index in [1.807, 2.05) is 0 Å². The highest BCUT2D eigenvalue weighted by Crippen LogP contribution is 2.40. The Bertz CT molecular complexity index is 1030. The summed E-state index contributed by atoms with van der Waals surface area (Å²) in [6.07, 6.45) is -3.21. The predicted molar refractivity (Wildman–Crippen MR) is 107 cm³/mol. The molecule has 2 aromatic rings. The van der Waals surface area contributed by atoms with E-state index in [4.69, 9.17) is 16.3 Å². The molecule has 1 N–H and O–H groups in total. The third-order valence-electron chi connectivity index (χ3n) is 5.51. The second-order valence-corrected chi connectivity index (χ2v) is 10.3. The lowest BCUT2D eigenvalue weighted by Crippen LogP contribution is -2.29. The molecule has 0 amide bonds. The zero-order valence-electron chi connectivity index (χ0n) is 17.0. The fourth-order valence-corrected chi connectivity index (χ4v) is 4.91. The van der Waals surface area contributed by atoms with E-state index >= 15 is 0 Å². The Labute approximate surface area is 183 Å². The summed E-state index contributed by atoms with van der Waals surface area (Å²) in [6, 6.07) is 3.97. The lowest BCUT2D eigenvalue weighted by molar-refractivity contribution is -0.185. The molecule has 1 unspecified atom stereocenters. The summed E-state index contributed by atoms with van der Waals surface area (Å²) in [5.41, 5.74) is 0.772. The Balaban J connectivity index is 1.82. The Morgan fingerprint density at radius 1 is 1.26 bits per heavy atom. The van der Waals surface area contributed by atoms with Crippen LogP contribution < -0.4 is 0 Å². The van der Waals surface area contributed by atoms with Crippen molar-refractivity contribution in [3.8, 4) is 0 Å². The van der Waals surface area contributed by atoms with Crippen molar-refractivity contribution in [1.29, 1.82) is 0 Å². The number of halogens is 5. The van der Waals surface area contributed by atoms with Crippen molar-refractivity contribution in [2.24, 2.45) is 11.8 Å². The number of ether oxygens (including phenoxy) is 1. The average molecular weight is 483 g/mol. The van der Waals surface area contributed by atoms with Crippen LogP contribution in [0.2, 0.25) is 5.02 Å². The minimum atomic E-state index is -4.19. The van der Waals surface area contributed by atoms with Gasteiger partial charge in [0.2, 0.25) is 0 Å². The van der Waals surface area contributed by atoms with Gasteiger partial charge in [0.05, 0.1) is 23.2 Å². The molecule has 0 radical (unpaired) electrons. The van der Waals surface area contributed by atoms with Crippen LogP contribution in [0.25, 0.3) is 0 Å². The predicted octanol–water partition coefficient (Wildman–Crippen LogP) is 5.39. The van der Waals surface area contributed by atoms with Crippen molar-refractivity contribution in [3.63, 3.8) is 0 Å². The Kier molecular flexibility index (Phi) is 7.02. The number of nitrogens with zero attached hydrogens (tertiary/aromatic N) is 1. The van der Waals surface area contributed by atoms with Crippen LogP contribution in [-0.4, -0.2) is 37.4 Å². The van der Waals surface area contributed by atoms with Gasteiger partial charge in [-0.1, -0.05) is 17.7 Å². The number of alkyl halides is 3. The quantitative estimate of drug-likeness (QED) is 0.560. The first-order chi connectivity index (χ1) is 14.4. The molecule has 0 aliphatic heterocycles. The van der Waals surface area contributed by atoms with E-state index in [0.29, 0.717) is 24.1 Å². The van der Waals surface area contributed by atoms with Gasteiger partial charge in [0.1, 0.15) is 17.7 Å². The lowest BCUT2D eigenvalue weighted by atomic mass is 9.82. The Morgan fingerprint density at radius 3 is 2.42 bits per heavy atom. The van der Waals surface area contributed by atoms with Crippen LogP contribution in [0.15, 0.2) is 23.2 Å². The molecule has 1 fully saturated rings. The van der Waals surface area contributed by atoms with Gasteiger partial charge in [0.25, 0.3) is 0 Å². The molecule has 3 rings (SSSR count). The molecule has 1 saturated carbocycles. The van der Waals surface area contributed by atoms with Crippen molar-refractivity contribution >= 4 is 21.4 Å². The van der Waals surface area contributed by atoms with Crippen LogP contribution in [0.1, 0.15) is 48.9 Å². The molecule has 0 bridgehead atoms. The minimum Gasteiger partial charge on any atom is -0.365 e. The molecular formula is C20H23ClF4N2O3S. The number of aromatic nitrogens is 2. The van der Waals surface area contributed by atoms with E-state index in [1.165, 1.54) is 12.1 Å². The number of nitrogens with one attached hydrogen (secondary N) is 1. The number of benzene rings is 1. The summed E-state index contributed by atoms with van der Waals surface area (Å²) in [7, 11) is -3.59. The summed E-state index contributed by atoms with van der Waals surface area (Å²) >= 11 is 5.90. The van der Waals surface area contributed by atoms with Crippen LogP contribution in [0, 0.1) is 24.6 Å². The molecule has 1 atom stereocenters. The van der Waals surface area contributed by atoms with Gasteiger partial charge in [0, 0.05) is 6.26 Å². The minimum absolute atomic E-state index is 0.0443. The number of hydrogen-bond acceptors (Lipinski definition) is 4. The number of imidazole rings is 1. The van der Waals surface area contributed by atoms with Crippen LogP contribution in [-0.2, 0) is 14.6 Å². The largest absolute Gasteiger partial charge is 0.391 e. The van der Waals surface area contributed by atoms with Gasteiger partial charge >= 0.3 is 6.18 Å². The first kappa shape index (κ1) is 24.0. The highest BCUT2D eigenvalue weighted by Gasteiger charge is 2.41. The number of hydrogen-bond donors (Lipinski definition) is 1. The molecule has 1 aliphatic rings. The Morgan fingerprint density at radius 2 is 1.90 bits per heavy atom. The third-order valence-corrected chi connectivity index (χ3v) is 6.90. The van der Waals surface area contributed by atoms with E-state index in [-0.39, 0.29) is 41.2 Å². The number of rotatable bonds is 6. The van der Waals surface area contributed by atoms with E-state index in [0.717, 1.165) is 12.3 Å². The number of aryl methyl sites for hydroxylation is 1. The molecule has 1 heterocycles. The smallest absolute Gasteiger partial charge is 0.365 e. The summed E-state index contributed by atoms with van der Waals surface area (Å²) in [4.78, 5) is 7.06.